The van der Waals surface area contributed by atoms with E-state index in [9.17, 15) is 14.7 Å². The number of carboxylic acid groups (broad SMARTS) is 1. The zero-order valence-electron chi connectivity index (χ0n) is 22.2. The van der Waals surface area contributed by atoms with Gasteiger partial charge in [-0.15, -0.1) is 0 Å². The van der Waals surface area contributed by atoms with Gasteiger partial charge in [0.2, 0.25) is 0 Å². The number of imidazole rings is 1. The van der Waals surface area contributed by atoms with Gasteiger partial charge in [0.05, 0.1) is 11.0 Å². The number of aliphatic carboxylic acids is 1. The molecule has 1 aromatic heterocycles. The third-order valence-electron chi connectivity index (χ3n) is 9.48. The SMILES string of the molecule is O=C(O)[C@@H](C1CCCCC1)N1C[C@H](CN2CCC(n3c(=O)[nH]c4ccccc43)CC2)[C@@H](c2ccccc2)C1. The maximum atomic E-state index is 12.7. The number of H-pyrrole nitrogens is 1. The largest absolute Gasteiger partial charge is 0.480 e. The summed E-state index contributed by atoms with van der Waals surface area (Å²) in [5.74, 6) is 0.363. The molecule has 0 bridgehead atoms. The van der Waals surface area contributed by atoms with Gasteiger partial charge in [0.1, 0.15) is 6.04 Å². The predicted molar refractivity (Wildman–Crippen MR) is 150 cm³/mol. The molecule has 0 amide bonds. The lowest BCUT2D eigenvalue weighted by Gasteiger charge is -2.35. The van der Waals surface area contributed by atoms with Crippen LogP contribution in [0.4, 0.5) is 0 Å². The zero-order valence-corrected chi connectivity index (χ0v) is 22.2. The molecular formula is C31H40N4O3. The summed E-state index contributed by atoms with van der Waals surface area (Å²) in [7, 11) is 0. The van der Waals surface area contributed by atoms with Crippen LogP contribution in [0.3, 0.4) is 0 Å². The normalized spacial score (nSPS) is 25.2. The molecular weight excluding hydrogens is 476 g/mol. The number of rotatable bonds is 7. The van der Waals surface area contributed by atoms with Crippen LogP contribution in [0.1, 0.15) is 62.5 Å². The van der Waals surface area contributed by atoms with E-state index in [0.717, 1.165) is 82.3 Å². The van der Waals surface area contributed by atoms with Gasteiger partial charge < -0.3 is 15.0 Å². The van der Waals surface area contributed by atoms with Gasteiger partial charge in [-0.25, -0.2) is 4.79 Å². The minimum absolute atomic E-state index is 0.0114. The molecule has 7 nitrogen and oxygen atoms in total. The average molecular weight is 517 g/mol. The number of nitrogens with zero attached hydrogens (tertiary/aromatic N) is 3. The van der Waals surface area contributed by atoms with Gasteiger partial charge in [0.25, 0.3) is 0 Å². The molecule has 3 aromatic rings. The van der Waals surface area contributed by atoms with Gasteiger partial charge in [-0.05, 0) is 55.2 Å². The second kappa shape index (κ2) is 11.1. The molecule has 3 heterocycles. The van der Waals surface area contributed by atoms with Crippen molar-refractivity contribution in [1.29, 1.82) is 0 Å². The second-order valence-electron chi connectivity index (χ2n) is 11.8. The molecule has 2 N–H and O–H groups in total. The number of likely N-dealkylation sites (tertiary alicyclic amines) is 2. The van der Waals surface area contributed by atoms with Gasteiger partial charge in [-0.1, -0.05) is 61.7 Å². The number of fused-ring (bicyclic) bond motifs is 1. The Morgan fingerprint density at radius 1 is 0.921 bits per heavy atom. The molecule has 3 aliphatic rings. The number of para-hydroxylation sites is 2. The molecule has 3 atom stereocenters. The monoisotopic (exact) mass is 516 g/mol. The van der Waals surface area contributed by atoms with Crippen LogP contribution >= 0.6 is 0 Å². The van der Waals surface area contributed by atoms with Crippen molar-refractivity contribution >= 4 is 17.0 Å². The summed E-state index contributed by atoms with van der Waals surface area (Å²) in [5, 5.41) is 10.3. The van der Waals surface area contributed by atoms with Crippen LogP contribution in [0, 0.1) is 11.8 Å². The lowest BCUT2D eigenvalue weighted by atomic mass is 9.83. The number of carboxylic acids is 1. The van der Waals surface area contributed by atoms with Gasteiger partial charge in [-0.2, -0.15) is 0 Å². The minimum Gasteiger partial charge on any atom is -0.480 e. The van der Waals surface area contributed by atoms with Crippen LogP contribution < -0.4 is 5.69 Å². The molecule has 0 spiro atoms. The van der Waals surface area contributed by atoms with Crippen LogP contribution in [0.25, 0.3) is 11.0 Å². The van der Waals surface area contributed by atoms with E-state index in [1.165, 1.54) is 12.0 Å². The Balaban J connectivity index is 1.16. The molecule has 202 valence electrons. The summed E-state index contributed by atoms with van der Waals surface area (Å²) in [6.07, 6.45) is 7.52. The summed E-state index contributed by atoms with van der Waals surface area (Å²) >= 11 is 0. The first-order valence-corrected chi connectivity index (χ1v) is 14.5. The van der Waals surface area contributed by atoms with Crippen LogP contribution in [0.15, 0.2) is 59.4 Å². The maximum Gasteiger partial charge on any atom is 0.326 e. The predicted octanol–water partition coefficient (Wildman–Crippen LogP) is 4.72. The van der Waals surface area contributed by atoms with Gasteiger partial charge in [-0.3, -0.25) is 14.3 Å². The van der Waals surface area contributed by atoms with Gasteiger partial charge in [0, 0.05) is 44.7 Å². The Morgan fingerprint density at radius 3 is 2.37 bits per heavy atom. The number of aromatic nitrogens is 2. The Kier molecular flexibility index (Phi) is 7.39. The third-order valence-corrected chi connectivity index (χ3v) is 9.48. The number of aromatic amines is 1. The van der Waals surface area contributed by atoms with E-state index in [2.05, 4.69) is 45.1 Å². The first kappa shape index (κ1) is 25.4. The molecule has 2 aromatic carbocycles. The molecule has 0 unspecified atom stereocenters. The van der Waals surface area contributed by atoms with E-state index in [-0.39, 0.29) is 23.7 Å². The van der Waals surface area contributed by atoms with E-state index in [0.29, 0.717) is 11.8 Å². The number of piperidine rings is 1. The highest BCUT2D eigenvalue weighted by Crippen LogP contribution is 2.39. The molecule has 0 radical (unpaired) electrons. The summed E-state index contributed by atoms with van der Waals surface area (Å²) in [4.78, 5) is 33.1. The Bertz CT molecular complexity index is 1290. The number of hydrogen-bond acceptors (Lipinski definition) is 4. The van der Waals surface area contributed by atoms with Gasteiger partial charge in [0.15, 0.2) is 0 Å². The fourth-order valence-electron chi connectivity index (χ4n) is 7.63. The standard InChI is InChI=1S/C31H40N4O3/c36-30(37)29(23-11-5-2-6-12-23)34-20-24(26(21-34)22-9-3-1-4-10-22)19-33-17-15-25(16-18-33)35-28-14-8-7-13-27(28)32-31(35)38/h1,3-4,7-10,13-14,23-26,29H,2,5-6,11-12,15-21H2,(H,32,38)(H,36,37)/t24-,26+,29+/m0/s1. The van der Waals surface area contributed by atoms with Crippen molar-refractivity contribution in [2.45, 2.75) is 62.9 Å². The molecule has 2 aliphatic heterocycles. The molecule has 38 heavy (non-hydrogen) atoms. The van der Waals surface area contributed by atoms with E-state index in [1.807, 2.05) is 28.8 Å². The Hall–Kier alpha value is -2.90. The number of carbonyl (C=O) groups is 1. The fraction of sp³-hybridized carbons (Fsp3) is 0.548. The average Bonchev–Trinajstić information content (AvgIpc) is 3.50. The molecule has 3 fully saturated rings. The van der Waals surface area contributed by atoms with Crippen molar-refractivity contribution in [1.82, 2.24) is 19.4 Å². The molecule has 6 rings (SSSR count). The van der Waals surface area contributed by atoms with Crippen molar-refractivity contribution in [3.63, 3.8) is 0 Å². The summed E-state index contributed by atoms with van der Waals surface area (Å²) in [5.41, 5.74) is 3.22. The highest BCUT2D eigenvalue weighted by molar-refractivity contribution is 5.75. The van der Waals surface area contributed by atoms with Gasteiger partial charge >= 0.3 is 11.7 Å². The lowest BCUT2D eigenvalue weighted by molar-refractivity contribution is -0.145. The fourth-order valence-corrected chi connectivity index (χ4v) is 7.63. The third kappa shape index (κ3) is 5.06. The van der Waals surface area contributed by atoms with Crippen molar-refractivity contribution in [2.75, 3.05) is 32.7 Å². The van der Waals surface area contributed by atoms with Crippen LogP contribution in [-0.4, -0.2) is 69.2 Å². The maximum absolute atomic E-state index is 12.7. The first-order chi connectivity index (χ1) is 18.6. The quantitative estimate of drug-likeness (QED) is 0.475. The lowest BCUT2D eigenvalue weighted by Crippen LogP contribution is -2.46. The number of hydrogen-bond donors (Lipinski definition) is 2. The zero-order chi connectivity index (χ0) is 26.1. The van der Waals surface area contributed by atoms with Crippen molar-refractivity contribution < 1.29 is 9.90 Å². The smallest absolute Gasteiger partial charge is 0.326 e. The van der Waals surface area contributed by atoms with Crippen LogP contribution in [-0.2, 0) is 4.79 Å². The minimum atomic E-state index is -0.644. The summed E-state index contributed by atoms with van der Waals surface area (Å²) in [6, 6.07) is 18.5. The van der Waals surface area contributed by atoms with E-state index in [4.69, 9.17) is 0 Å². The van der Waals surface area contributed by atoms with Crippen molar-refractivity contribution in [2.24, 2.45) is 11.8 Å². The van der Waals surface area contributed by atoms with E-state index < -0.39 is 5.97 Å². The Labute approximate surface area is 224 Å². The highest BCUT2D eigenvalue weighted by atomic mass is 16.4. The first-order valence-electron chi connectivity index (χ1n) is 14.5. The van der Waals surface area contributed by atoms with Crippen LogP contribution in [0.2, 0.25) is 0 Å². The summed E-state index contributed by atoms with van der Waals surface area (Å²) in [6.45, 7) is 4.56. The Morgan fingerprint density at radius 2 is 1.63 bits per heavy atom. The second-order valence-corrected chi connectivity index (χ2v) is 11.8. The van der Waals surface area contributed by atoms with E-state index >= 15 is 0 Å². The van der Waals surface area contributed by atoms with Crippen molar-refractivity contribution in [3.05, 3.63) is 70.6 Å². The van der Waals surface area contributed by atoms with Crippen molar-refractivity contribution in [3.8, 4) is 0 Å². The van der Waals surface area contributed by atoms with E-state index in [1.54, 1.807) is 0 Å². The molecule has 1 saturated carbocycles. The molecule has 7 heteroatoms. The topological polar surface area (TPSA) is 81.6 Å². The molecule has 2 saturated heterocycles. The van der Waals surface area contributed by atoms with Crippen LogP contribution in [0.5, 0.6) is 0 Å². The summed E-state index contributed by atoms with van der Waals surface area (Å²) < 4.78 is 1.96. The number of nitrogens with one attached hydrogen (secondary N) is 1. The molecule has 1 aliphatic carbocycles. The number of benzene rings is 2. The highest BCUT2D eigenvalue weighted by Gasteiger charge is 2.43.